The van der Waals surface area contributed by atoms with Gasteiger partial charge in [0.25, 0.3) is 0 Å². The summed E-state index contributed by atoms with van der Waals surface area (Å²) in [7, 11) is 4.05. The summed E-state index contributed by atoms with van der Waals surface area (Å²) in [6.45, 7) is 4.81. The van der Waals surface area contributed by atoms with Gasteiger partial charge in [-0.2, -0.15) is 0 Å². The van der Waals surface area contributed by atoms with Gasteiger partial charge in [0.15, 0.2) is 5.11 Å². The number of nitrogens with one attached hydrogen (secondary N) is 2. The summed E-state index contributed by atoms with van der Waals surface area (Å²) < 4.78 is 5.50. The number of likely N-dealkylation sites (N-methyl/N-ethyl adjacent to an activating group) is 1. The van der Waals surface area contributed by atoms with Gasteiger partial charge >= 0.3 is 0 Å². The van der Waals surface area contributed by atoms with Crippen molar-refractivity contribution in [3.05, 3.63) is 53.5 Å². The zero-order valence-corrected chi connectivity index (χ0v) is 14.3. The van der Waals surface area contributed by atoms with Crippen LogP contribution in [-0.2, 0) is 0 Å². The molecule has 1 heterocycles. The van der Waals surface area contributed by atoms with Gasteiger partial charge in [0.2, 0.25) is 0 Å². The molecule has 5 heteroatoms. The molecule has 4 nitrogen and oxygen atoms in total. The third-order valence-corrected chi connectivity index (χ3v) is 3.84. The number of aryl methyl sites for hydroxylation is 2. The van der Waals surface area contributed by atoms with Crippen LogP contribution in [0.15, 0.2) is 41.0 Å². The van der Waals surface area contributed by atoms with E-state index >= 15 is 0 Å². The Labute approximate surface area is 137 Å². The predicted molar refractivity (Wildman–Crippen MR) is 95.3 cm³/mol. The van der Waals surface area contributed by atoms with Gasteiger partial charge in [0.05, 0.1) is 12.3 Å². The van der Waals surface area contributed by atoms with Gasteiger partial charge in [-0.1, -0.05) is 12.1 Å². The van der Waals surface area contributed by atoms with Crippen LogP contribution in [0, 0.1) is 13.8 Å². The number of hydrogen-bond donors (Lipinski definition) is 2. The van der Waals surface area contributed by atoms with Crippen LogP contribution in [0.5, 0.6) is 0 Å². The Morgan fingerprint density at radius 2 is 2.05 bits per heavy atom. The second-order valence-electron chi connectivity index (χ2n) is 5.65. The van der Waals surface area contributed by atoms with Crippen molar-refractivity contribution in [2.45, 2.75) is 19.9 Å². The number of nitrogens with zero attached hydrogens (tertiary/aromatic N) is 1. The number of furan rings is 1. The zero-order valence-electron chi connectivity index (χ0n) is 13.5. The first-order valence-corrected chi connectivity index (χ1v) is 7.70. The highest BCUT2D eigenvalue weighted by Gasteiger charge is 2.17. The standard InChI is InChI=1S/C17H23N3OS/c1-12-7-8-13(2)14(10-12)19-17(22)18-11-15(20(3)4)16-6-5-9-21-16/h5-10,15H,11H2,1-4H3,(H2,18,19,22)/t15-/m1/s1. The predicted octanol–water partition coefficient (Wildman–Crippen LogP) is 3.49. The second-order valence-corrected chi connectivity index (χ2v) is 6.06. The molecule has 0 aliphatic carbocycles. The van der Waals surface area contributed by atoms with Crippen LogP contribution in [0.25, 0.3) is 0 Å². The maximum absolute atomic E-state index is 5.50. The number of thiocarbonyl (C=S) groups is 1. The van der Waals surface area contributed by atoms with Crippen LogP contribution in [0.2, 0.25) is 0 Å². The summed E-state index contributed by atoms with van der Waals surface area (Å²) in [4.78, 5) is 2.10. The summed E-state index contributed by atoms with van der Waals surface area (Å²) in [5, 5.41) is 7.15. The summed E-state index contributed by atoms with van der Waals surface area (Å²) in [5.74, 6) is 0.923. The van der Waals surface area contributed by atoms with E-state index in [-0.39, 0.29) is 6.04 Å². The Morgan fingerprint density at radius 3 is 2.68 bits per heavy atom. The largest absolute Gasteiger partial charge is 0.468 e. The SMILES string of the molecule is Cc1ccc(C)c(NC(=S)NC[C@H](c2ccco2)N(C)C)c1. The van der Waals surface area contributed by atoms with E-state index in [0.29, 0.717) is 11.7 Å². The molecule has 2 N–H and O–H groups in total. The average Bonchev–Trinajstić information content (AvgIpc) is 2.96. The van der Waals surface area contributed by atoms with E-state index in [2.05, 4.69) is 47.6 Å². The molecule has 0 spiro atoms. The molecule has 0 radical (unpaired) electrons. The lowest BCUT2D eigenvalue weighted by Crippen LogP contribution is -2.36. The van der Waals surface area contributed by atoms with Crippen molar-refractivity contribution in [3.8, 4) is 0 Å². The lowest BCUT2D eigenvalue weighted by molar-refractivity contribution is 0.259. The van der Waals surface area contributed by atoms with Gasteiger partial charge in [-0.25, -0.2) is 0 Å². The fourth-order valence-corrected chi connectivity index (χ4v) is 2.44. The lowest BCUT2D eigenvalue weighted by atomic mass is 10.1. The van der Waals surface area contributed by atoms with E-state index in [4.69, 9.17) is 16.6 Å². The fourth-order valence-electron chi connectivity index (χ4n) is 2.24. The monoisotopic (exact) mass is 317 g/mol. The molecule has 1 aromatic carbocycles. The highest BCUT2D eigenvalue weighted by molar-refractivity contribution is 7.80. The van der Waals surface area contributed by atoms with E-state index in [0.717, 1.165) is 11.4 Å². The van der Waals surface area contributed by atoms with Crippen LogP contribution in [0.3, 0.4) is 0 Å². The molecule has 2 rings (SSSR count). The Kier molecular flexibility index (Phi) is 5.57. The number of benzene rings is 1. The molecule has 0 bridgehead atoms. The smallest absolute Gasteiger partial charge is 0.170 e. The Bertz CT molecular complexity index is 623. The van der Waals surface area contributed by atoms with Gasteiger partial charge < -0.3 is 15.1 Å². The summed E-state index contributed by atoms with van der Waals surface area (Å²) in [6, 6.07) is 10.3. The molecule has 1 aromatic heterocycles. The highest BCUT2D eigenvalue weighted by Crippen LogP contribution is 2.18. The Hall–Kier alpha value is -1.85. The molecule has 1 atom stereocenters. The van der Waals surface area contributed by atoms with Crippen LogP contribution >= 0.6 is 12.2 Å². The van der Waals surface area contributed by atoms with Gasteiger partial charge in [-0.05, 0) is 69.5 Å². The van der Waals surface area contributed by atoms with Gasteiger partial charge in [-0.15, -0.1) is 0 Å². The molecule has 0 saturated heterocycles. The molecule has 0 unspecified atom stereocenters. The first-order valence-electron chi connectivity index (χ1n) is 7.29. The lowest BCUT2D eigenvalue weighted by Gasteiger charge is -2.23. The quantitative estimate of drug-likeness (QED) is 0.826. The molecule has 22 heavy (non-hydrogen) atoms. The van der Waals surface area contributed by atoms with Gasteiger partial charge in [0.1, 0.15) is 5.76 Å². The van der Waals surface area contributed by atoms with Crippen LogP contribution in [0.1, 0.15) is 22.9 Å². The maximum Gasteiger partial charge on any atom is 0.170 e. The van der Waals surface area contributed by atoms with Crippen molar-refractivity contribution in [3.63, 3.8) is 0 Å². The molecule has 118 valence electrons. The van der Waals surface area contributed by atoms with Crippen molar-refractivity contribution < 1.29 is 4.42 Å². The van der Waals surface area contributed by atoms with Crippen molar-refractivity contribution in [1.82, 2.24) is 10.2 Å². The maximum atomic E-state index is 5.50. The van der Waals surface area contributed by atoms with Crippen molar-refractivity contribution >= 4 is 23.0 Å². The van der Waals surface area contributed by atoms with E-state index in [1.807, 2.05) is 26.2 Å². The summed E-state index contributed by atoms with van der Waals surface area (Å²) in [6.07, 6.45) is 1.69. The minimum absolute atomic E-state index is 0.133. The van der Waals surface area contributed by atoms with Gasteiger partial charge in [-0.3, -0.25) is 4.90 Å². The number of rotatable bonds is 5. The first kappa shape index (κ1) is 16.5. The van der Waals surface area contributed by atoms with Crippen molar-refractivity contribution in [2.24, 2.45) is 0 Å². The minimum Gasteiger partial charge on any atom is -0.468 e. The van der Waals surface area contributed by atoms with Crippen LogP contribution < -0.4 is 10.6 Å². The molecular formula is C17H23N3OS. The normalized spacial score (nSPS) is 12.2. The molecule has 0 amide bonds. The molecule has 0 fully saturated rings. The first-order chi connectivity index (χ1) is 10.5. The van der Waals surface area contributed by atoms with E-state index in [1.165, 1.54) is 11.1 Å². The van der Waals surface area contributed by atoms with Crippen molar-refractivity contribution in [1.29, 1.82) is 0 Å². The third-order valence-electron chi connectivity index (χ3n) is 3.59. The van der Waals surface area contributed by atoms with Crippen LogP contribution in [0.4, 0.5) is 5.69 Å². The molecule has 0 saturated carbocycles. The van der Waals surface area contributed by atoms with E-state index < -0.39 is 0 Å². The zero-order chi connectivity index (χ0) is 16.1. The Morgan fingerprint density at radius 1 is 1.27 bits per heavy atom. The Balaban J connectivity index is 1.95. The van der Waals surface area contributed by atoms with Crippen LogP contribution in [-0.4, -0.2) is 30.7 Å². The number of anilines is 1. The summed E-state index contributed by atoms with van der Waals surface area (Å²) >= 11 is 5.40. The second kappa shape index (κ2) is 7.42. The fraction of sp³-hybridized carbons (Fsp3) is 0.353. The molecule has 0 aliphatic heterocycles. The topological polar surface area (TPSA) is 40.4 Å². The molecule has 2 aromatic rings. The highest BCUT2D eigenvalue weighted by atomic mass is 32.1. The average molecular weight is 317 g/mol. The number of hydrogen-bond acceptors (Lipinski definition) is 3. The van der Waals surface area contributed by atoms with Crippen molar-refractivity contribution in [2.75, 3.05) is 26.0 Å². The van der Waals surface area contributed by atoms with Gasteiger partial charge in [0, 0.05) is 12.2 Å². The van der Waals surface area contributed by atoms with E-state index in [9.17, 15) is 0 Å². The van der Waals surface area contributed by atoms with E-state index in [1.54, 1.807) is 6.26 Å². The summed E-state index contributed by atoms with van der Waals surface area (Å²) in [5.41, 5.74) is 3.42. The third kappa shape index (κ3) is 4.32. The molecule has 0 aliphatic rings. The molecular weight excluding hydrogens is 294 g/mol. The minimum atomic E-state index is 0.133.